The third kappa shape index (κ3) is 3.97. The number of H-pyrrole nitrogens is 1. The Morgan fingerprint density at radius 3 is 2.75 bits per heavy atom. The van der Waals surface area contributed by atoms with Gasteiger partial charge in [0.2, 0.25) is 11.5 Å². The van der Waals surface area contributed by atoms with E-state index in [1.807, 2.05) is 42.5 Å². The summed E-state index contributed by atoms with van der Waals surface area (Å²) in [7, 11) is 0. The molecule has 0 saturated carbocycles. The lowest BCUT2D eigenvalue weighted by atomic mass is 9.95. The van der Waals surface area contributed by atoms with E-state index >= 15 is 0 Å². The molecule has 1 saturated heterocycles. The van der Waals surface area contributed by atoms with Crippen molar-refractivity contribution < 1.29 is 14.3 Å². The number of hydrogen-bond donors (Lipinski definition) is 2. The summed E-state index contributed by atoms with van der Waals surface area (Å²) in [5.41, 5.74) is 4.77. The van der Waals surface area contributed by atoms with Gasteiger partial charge in [-0.2, -0.15) is 0 Å². The Kier molecular flexibility index (Phi) is 5.59. The second-order valence-corrected chi connectivity index (χ2v) is 8.02. The van der Waals surface area contributed by atoms with Gasteiger partial charge in [0, 0.05) is 53.6 Å². The Hall–Kier alpha value is -3.29. The van der Waals surface area contributed by atoms with Crippen LogP contribution in [0.4, 0.5) is 11.4 Å². The zero-order valence-corrected chi connectivity index (χ0v) is 18.1. The van der Waals surface area contributed by atoms with Gasteiger partial charge in [-0.25, -0.2) is 0 Å². The van der Waals surface area contributed by atoms with Crippen LogP contribution in [0.25, 0.3) is 11.3 Å². The van der Waals surface area contributed by atoms with E-state index in [0.717, 1.165) is 35.5 Å². The van der Waals surface area contributed by atoms with Gasteiger partial charge in [-0.05, 0) is 24.3 Å². The lowest BCUT2D eigenvalue weighted by molar-refractivity contribution is -0.113. The predicted molar refractivity (Wildman–Crippen MR) is 124 cm³/mol. The van der Waals surface area contributed by atoms with Crippen LogP contribution < -0.4 is 20.5 Å². The predicted octanol–water partition coefficient (Wildman–Crippen LogP) is 3.75. The Balaban J connectivity index is 1.53. The number of amides is 1. The molecule has 0 spiro atoms. The fourth-order valence-corrected chi connectivity index (χ4v) is 4.25. The van der Waals surface area contributed by atoms with Crippen LogP contribution in [0.5, 0.6) is 11.5 Å². The number of anilines is 2. The van der Waals surface area contributed by atoms with Crippen molar-refractivity contribution in [2.45, 2.75) is 6.42 Å². The Morgan fingerprint density at radius 1 is 1.12 bits per heavy atom. The fourth-order valence-electron chi connectivity index (χ4n) is 4.18. The molecule has 0 atom stereocenters. The molecule has 0 unspecified atom stereocenters. The molecule has 8 heteroatoms. The molecule has 2 N–H and O–H groups in total. The highest BCUT2D eigenvalue weighted by Gasteiger charge is 2.24. The number of nitrogens with one attached hydrogen (secondary N) is 2. The maximum absolute atomic E-state index is 12.5. The van der Waals surface area contributed by atoms with Gasteiger partial charge in [0.25, 0.3) is 0 Å². The molecule has 2 aromatic carbocycles. The first kappa shape index (κ1) is 20.6. The van der Waals surface area contributed by atoms with Crippen molar-refractivity contribution in [3.63, 3.8) is 0 Å². The number of hydrogen-bond acceptors (Lipinski definition) is 5. The molecule has 3 aromatic rings. The van der Waals surface area contributed by atoms with Gasteiger partial charge in [-0.15, -0.1) is 11.6 Å². The number of para-hydroxylation sites is 1. The summed E-state index contributed by atoms with van der Waals surface area (Å²) in [6, 6.07) is 15.0. The quantitative estimate of drug-likeness (QED) is 0.462. The first-order chi connectivity index (χ1) is 15.6. The molecule has 3 heterocycles. The van der Waals surface area contributed by atoms with Crippen molar-refractivity contribution in [1.82, 2.24) is 4.98 Å². The van der Waals surface area contributed by atoms with Crippen molar-refractivity contribution in [2.24, 2.45) is 0 Å². The number of carbonyl (C=O) groups is 1. The number of morpholine rings is 1. The van der Waals surface area contributed by atoms with E-state index in [0.29, 0.717) is 42.5 Å². The zero-order chi connectivity index (χ0) is 22.1. The van der Waals surface area contributed by atoms with Crippen molar-refractivity contribution in [1.29, 1.82) is 0 Å². The van der Waals surface area contributed by atoms with E-state index in [2.05, 4.69) is 15.2 Å². The second kappa shape index (κ2) is 8.68. The number of pyridine rings is 1. The number of fused-ring (bicyclic) bond motifs is 2. The van der Waals surface area contributed by atoms with Gasteiger partial charge in [-0.3, -0.25) is 9.59 Å². The molecule has 7 nitrogen and oxygen atoms in total. The van der Waals surface area contributed by atoms with Crippen LogP contribution in [0.2, 0.25) is 0 Å². The summed E-state index contributed by atoms with van der Waals surface area (Å²) < 4.78 is 11.7. The van der Waals surface area contributed by atoms with Crippen molar-refractivity contribution in [3.8, 4) is 22.8 Å². The maximum atomic E-state index is 12.5. The Bertz CT molecular complexity index is 1230. The molecular formula is C24H22ClN3O4. The van der Waals surface area contributed by atoms with Crippen LogP contribution >= 0.6 is 11.6 Å². The average Bonchev–Trinajstić information content (AvgIpc) is 2.83. The number of aromatic nitrogens is 1. The largest absolute Gasteiger partial charge is 0.456 e. The van der Waals surface area contributed by atoms with Crippen molar-refractivity contribution in [3.05, 3.63) is 70.0 Å². The third-order valence-electron chi connectivity index (χ3n) is 5.70. The summed E-state index contributed by atoms with van der Waals surface area (Å²) in [6.45, 7) is 2.78. The molecule has 0 bridgehead atoms. The van der Waals surface area contributed by atoms with Crippen LogP contribution in [-0.2, 0) is 16.0 Å². The van der Waals surface area contributed by atoms with E-state index in [-0.39, 0.29) is 17.3 Å². The van der Waals surface area contributed by atoms with E-state index in [9.17, 15) is 9.59 Å². The highest BCUT2D eigenvalue weighted by molar-refractivity contribution is 6.29. The molecule has 1 aromatic heterocycles. The molecule has 5 rings (SSSR count). The van der Waals surface area contributed by atoms with Gasteiger partial charge in [-0.1, -0.05) is 18.2 Å². The Morgan fingerprint density at radius 2 is 1.94 bits per heavy atom. The normalized spacial score (nSPS) is 14.8. The highest BCUT2D eigenvalue weighted by atomic mass is 35.5. The van der Waals surface area contributed by atoms with Crippen LogP contribution in [0.15, 0.2) is 53.3 Å². The minimum atomic E-state index is -0.267. The average molecular weight is 452 g/mol. The number of benzene rings is 2. The number of carbonyl (C=O) groups excluding carboxylic acids is 1. The van der Waals surface area contributed by atoms with Gasteiger partial charge in [0.1, 0.15) is 17.4 Å². The van der Waals surface area contributed by atoms with Crippen LogP contribution in [-0.4, -0.2) is 43.1 Å². The summed E-state index contributed by atoms with van der Waals surface area (Å²) >= 11 is 5.65. The molecule has 0 aliphatic carbocycles. The summed E-state index contributed by atoms with van der Waals surface area (Å²) in [5.74, 6) is 0.995. The maximum Gasteiger partial charge on any atom is 0.250 e. The molecule has 164 valence electrons. The summed E-state index contributed by atoms with van der Waals surface area (Å²) in [4.78, 5) is 29.4. The molecular weight excluding hydrogens is 430 g/mol. The fraction of sp³-hybridized carbons (Fsp3) is 0.250. The van der Waals surface area contributed by atoms with Gasteiger partial charge >= 0.3 is 0 Å². The van der Waals surface area contributed by atoms with Crippen molar-refractivity contribution in [2.75, 3.05) is 42.4 Å². The van der Waals surface area contributed by atoms with Crippen LogP contribution in [0.1, 0.15) is 11.1 Å². The summed E-state index contributed by atoms with van der Waals surface area (Å²) in [5, 5.41) is 2.83. The van der Waals surface area contributed by atoms with Gasteiger partial charge in [0.15, 0.2) is 0 Å². The SMILES string of the molecule is O=C(CCl)Nc1cccc2c1Cc1cccc(-c3cc(N4CCOCC4)cc(=O)[nH]3)c1O2. The van der Waals surface area contributed by atoms with E-state index in [1.165, 1.54) is 0 Å². The standard InChI is InChI=1S/C24H22ClN3O4/c25-14-23(30)26-19-5-2-6-21-18(19)11-15-3-1-4-17(24(15)32-21)20-12-16(13-22(29)27-20)28-7-9-31-10-8-28/h1-6,12-13H,7-11,14H2,(H,26,30)(H,27,29). The second-order valence-electron chi connectivity index (χ2n) is 7.75. The summed E-state index contributed by atoms with van der Waals surface area (Å²) in [6.07, 6.45) is 0.588. The van der Waals surface area contributed by atoms with E-state index < -0.39 is 0 Å². The highest BCUT2D eigenvalue weighted by Crippen LogP contribution is 2.44. The van der Waals surface area contributed by atoms with Crippen LogP contribution in [0, 0.1) is 0 Å². The molecule has 32 heavy (non-hydrogen) atoms. The zero-order valence-electron chi connectivity index (χ0n) is 17.3. The first-order valence-electron chi connectivity index (χ1n) is 10.5. The smallest absolute Gasteiger partial charge is 0.250 e. The topological polar surface area (TPSA) is 83.7 Å². The van der Waals surface area contributed by atoms with E-state index in [1.54, 1.807) is 6.07 Å². The number of nitrogens with zero attached hydrogens (tertiary/aromatic N) is 1. The van der Waals surface area contributed by atoms with Gasteiger partial charge in [0.05, 0.1) is 18.9 Å². The van der Waals surface area contributed by atoms with E-state index in [4.69, 9.17) is 21.1 Å². The number of rotatable bonds is 4. The number of ether oxygens (including phenoxy) is 2. The Labute approximate surface area is 189 Å². The number of alkyl halides is 1. The molecule has 2 aliphatic heterocycles. The third-order valence-corrected chi connectivity index (χ3v) is 5.94. The minimum Gasteiger partial charge on any atom is -0.456 e. The molecule has 1 amide bonds. The monoisotopic (exact) mass is 451 g/mol. The minimum absolute atomic E-state index is 0.113. The molecule has 2 aliphatic rings. The lowest BCUT2D eigenvalue weighted by Gasteiger charge is -2.29. The number of halogens is 1. The number of aromatic amines is 1. The molecule has 1 fully saturated rings. The molecule has 0 radical (unpaired) electrons. The lowest BCUT2D eigenvalue weighted by Crippen LogP contribution is -2.36. The first-order valence-corrected chi connectivity index (χ1v) is 11.0. The van der Waals surface area contributed by atoms with Gasteiger partial charge < -0.3 is 24.7 Å². The van der Waals surface area contributed by atoms with Crippen molar-refractivity contribution >= 4 is 28.9 Å². The van der Waals surface area contributed by atoms with Crippen LogP contribution in [0.3, 0.4) is 0 Å².